The first-order valence-electron chi connectivity index (χ1n) is 8.20. The van der Waals surface area contributed by atoms with Gasteiger partial charge in [-0.25, -0.2) is 4.79 Å². The van der Waals surface area contributed by atoms with E-state index in [1.165, 1.54) is 12.1 Å². The molecule has 2 aromatic rings. The van der Waals surface area contributed by atoms with E-state index in [0.29, 0.717) is 10.6 Å². The van der Waals surface area contributed by atoms with Gasteiger partial charge in [0.1, 0.15) is 0 Å². The van der Waals surface area contributed by atoms with Gasteiger partial charge in [-0.1, -0.05) is 23.8 Å². The molecule has 1 heterocycles. The first kappa shape index (κ1) is 16.6. The first-order valence-corrected chi connectivity index (χ1v) is 8.58. The predicted molar refractivity (Wildman–Crippen MR) is 97.9 cm³/mol. The monoisotopic (exact) mass is 370 g/mol. The molecule has 2 N–H and O–H groups in total. The van der Waals surface area contributed by atoms with Crippen LogP contribution in [0.1, 0.15) is 39.9 Å². The summed E-state index contributed by atoms with van der Waals surface area (Å²) in [6.45, 7) is 0. The quantitative estimate of drug-likeness (QED) is 0.461. The minimum atomic E-state index is -0.963. The number of benzene rings is 2. The second kappa shape index (κ2) is 6.14. The number of hydrogen-bond donors (Lipinski definition) is 2. The van der Waals surface area contributed by atoms with E-state index >= 15 is 0 Å². The normalized spacial score (nSPS) is 23.0. The summed E-state index contributed by atoms with van der Waals surface area (Å²) >= 11 is 6.36. The number of non-ortho nitro benzene ring substituents is 1. The number of halogens is 1. The Kier molecular flexibility index (Phi) is 3.92. The van der Waals surface area contributed by atoms with E-state index in [1.54, 1.807) is 24.3 Å². The molecule has 0 radical (unpaired) electrons. The first-order chi connectivity index (χ1) is 12.5. The standard InChI is InChI=1S/C19H15ClN2O4/c20-16-6-5-11(22(25)26)9-15(16)18-13-3-1-2-12(13)14-8-10(19(23)24)4-7-17(14)21-18/h1-2,4-9,12-13,18,21H,3H2,(H,23,24)/t12-,13-,18-/m1/s1. The summed E-state index contributed by atoms with van der Waals surface area (Å²) < 4.78 is 0. The van der Waals surface area contributed by atoms with Crippen LogP contribution >= 0.6 is 11.6 Å². The predicted octanol–water partition coefficient (Wildman–Crippen LogP) is 4.77. The zero-order valence-electron chi connectivity index (χ0n) is 13.6. The number of nitro groups is 1. The number of carboxylic acids is 1. The summed E-state index contributed by atoms with van der Waals surface area (Å²) in [5, 5.41) is 24.3. The smallest absolute Gasteiger partial charge is 0.335 e. The highest BCUT2D eigenvalue weighted by atomic mass is 35.5. The molecule has 0 saturated heterocycles. The Morgan fingerprint density at radius 1 is 1.23 bits per heavy atom. The lowest BCUT2D eigenvalue weighted by Crippen LogP contribution is -2.29. The molecule has 26 heavy (non-hydrogen) atoms. The SMILES string of the molecule is O=C(O)c1ccc2c(c1)[C@@H]1C=CC[C@H]1[C@H](c1cc([N+](=O)[O-])ccc1Cl)N2. The van der Waals surface area contributed by atoms with Crippen LogP contribution in [0.4, 0.5) is 11.4 Å². The maximum absolute atomic E-state index is 11.3. The highest BCUT2D eigenvalue weighted by molar-refractivity contribution is 6.31. The van der Waals surface area contributed by atoms with Crippen LogP contribution in [0.25, 0.3) is 0 Å². The molecule has 132 valence electrons. The van der Waals surface area contributed by atoms with Crippen LogP contribution in [0.15, 0.2) is 48.6 Å². The average Bonchev–Trinajstić information content (AvgIpc) is 3.11. The number of fused-ring (bicyclic) bond motifs is 3. The number of nitrogens with one attached hydrogen (secondary N) is 1. The lowest BCUT2D eigenvalue weighted by Gasteiger charge is -2.37. The molecule has 1 aliphatic heterocycles. The third-order valence-electron chi connectivity index (χ3n) is 5.14. The van der Waals surface area contributed by atoms with Crippen LogP contribution in [0.3, 0.4) is 0 Å². The number of hydrogen-bond acceptors (Lipinski definition) is 4. The van der Waals surface area contributed by atoms with Gasteiger partial charge in [0.15, 0.2) is 0 Å². The minimum Gasteiger partial charge on any atom is -0.478 e. The van der Waals surface area contributed by atoms with Gasteiger partial charge in [0.2, 0.25) is 0 Å². The molecule has 0 saturated carbocycles. The van der Waals surface area contributed by atoms with Gasteiger partial charge in [0.25, 0.3) is 5.69 Å². The molecule has 2 aliphatic rings. The molecule has 6 nitrogen and oxygen atoms in total. The molecule has 0 aromatic heterocycles. The average molecular weight is 371 g/mol. The van der Waals surface area contributed by atoms with Gasteiger partial charge < -0.3 is 10.4 Å². The number of anilines is 1. The van der Waals surface area contributed by atoms with E-state index in [1.807, 2.05) is 0 Å². The number of rotatable bonds is 3. The molecule has 2 aromatic carbocycles. The van der Waals surface area contributed by atoms with E-state index in [4.69, 9.17) is 11.6 Å². The summed E-state index contributed by atoms with van der Waals surface area (Å²) in [5.74, 6) is -0.799. The molecule has 0 unspecified atom stereocenters. The third kappa shape index (κ3) is 2.63. The summed E-state index contributed by atoms with van der Waals surface area (Å²) in [5.41, 5.74) is 2.70. The molecule has 0 amide bonds. The fourth-order valence-corrected chi connectivity index (χ4v) is 4.15. The molecule has 0 spiro atoms. The number of nitro benzene ring substituents is 1. The molecule has 0 fully saturated rings. The fraction of sp³-hybridized carbons (Fsp3) is 0.211. The van der Waals surface area contributed by atoms with E-state index < -0.39 is 10.9 Å². The van der Waals surface area contributed by atoms with Crippen LogP contribution in [-0.4, -0.2) is 16.0 Å². The Hall–Kier alpha value is -2.86. The molecule has 0 bridgehead atoms. The van der Waals surface area contributed by atoms with Crippen molar-refractivity contribution >= 4 is 28.9 Å². The lowest BCUT2D eigenvalue weighted by atomic mass is 9.76. The zero-order chi connectivity index (χ0) is 18.4. The van der Waals surface area contributed by atoms with Gasteiger partial charge in [0, 0.05) is 34.3 Å². The molecule has 4 rings (SSSR count). The van der Waals surface area contributed by atoms with Gasteiger partial charge in [-0.15, -0.1) is 0 Å². The second-order valence-corrected chi connectivity index (χ2v) is 6.95. The van der Waals surface area contributed by atoms with Crippen LogP contribution < -0.4 is 5.32 Å². The maximum atomic E-state index is 11.3. The summed E-state index contributed by atoms with van der Waals surface area (Å²) in [7, 11) is 0. The molecule has 1 aliphatic carbocycles. The Bertz CT molecular complexity index is 957. The fourth-order valence-electron chi connectivity index (χ4n) is 3.92. The van der Waals surface area contributed by atoms with Gasteiger partial charge in [-0.3, -0.25) is 10.1 Å². The van der Waals surface area contributed by atoms with Gasteiger partial charge in [-0.05, 0) is 42.2 Å². The lowest BCUT2D eigenvalue weighted by molar-refractivity contribution is -0.384. The van der Waals surface area contributed by atoms with Crippen LogP contribution in [0.5, 0.6) is 0 Å². The van der Waals surface area contributed by atoms with Crippen molar-refractivity contribution in [2.24, 2.45) is 5.92 Å². The number of aromatic carboxylic acids is 1. The van der Waals surface area contributed by atoms with E-state index in [9.17, 15) is 20.0 Å². The number of nitrogens with zero attached hydrogens (tertiary/aromatic N) is 1. The highest BCUT2D eigenvalue weighted by Gasteiger charge is 2.39. The molecular weight excluding hydrogens is 356 g/mol. The summed E-state index contributed by atoms with van der Waals surface area (Å²) in [6.07, 6.45) is 4.93. The third-order valence-corrected chi connectivity index (χ3v) is 5.48. The molecule has 7 heteroatoms. The Balaban J connectivity index is 1.80. The van der Waals surface area contributed by atoms with Crippen molar-refractivity contribution in [1.29, 1.82) is 0 Å². The highest BCUT2D eigenvalue weighted by Crippen LogP contribution is 2.51. The van der Waals surface area contributed by atoms with Crippen molar-refractivity contribution < 1.29 is 14.8 Å². The van der Waals surface area contributed by atoms with Crippen molar-refractivity contribution in [2.45, 2.75) is 18.4 Å². The second-order valence-electron chi connectivity index (χ2n) is 6.55. The summed E-state index contributed by atoms with van der Waals surface area (Å²) in [6, 6.07) is 9.28. The minimum absolute atomic E-state index is 0.000674. The Labute approximate surface area is 154 Å². The van der Waals surface area contributed by atoms with E-state index in [2.05, 4.69) is 17.5 Å². The van der Waals surface area contributed by atoms with Crippen molar-refractivity contribution in [3.8, 4) is 0 Å². The van der Waals surface area contributed by atoms with Gasteiger partial charge >= 0.3 is 5.97 Å². The van der Waals surface area contributed by atoms with Crippen LogP contribution in [0, 0.1) is 16.0 Å². The Morgan fingerprint density at radius 2 is 2.04 bits per heavy atom. The Morgan fingerprint density at radius 3 is 2.77 bits per heavy atom. The van der Waals surface area contributed by atoms with Crippen LogP contribution in [0.2, 0.25) is 5.02 Å². The van der Waals surface area contributed by atoms with Crippen molar-refractivity contribution in [2.75, 3.05) is 5.32 Å². The molecular formula is C19H15ClN2O4. The topological polar surface area (TPSA) is 92.5 Å². The number of carboxylic acid groups (broad SMARTS) is 1. The van der Waals surface area contributed by atoms with Gasteiger partial charge in [0.05, 0.1) is 16.5 Å². The maximum Gasteiger partial charge on any atom is 0.335 e. The number of carbonyl (C=O) groups is 1. The summed E-state index contributed by atoms with van der Waals surface area (Å²) in [4.78, 5) is 22.0. The van der Waals surface area contributed by atoms with Gasteiger partial charge in [-0.2, -0.15) is 0 Å². The van der Waals surface area contributed by atoms with E-state index in [-0.39, 0.29) is 29.1 Å². The van der Waals surface area contributed by atoms with Crippen molar-refractivity contribution in [3.05, 3.63) is 80.4 Å². The largest absolute Gasteiger partial charge is 0.478 e. The van der Waals surface area contributed by atoms with Crippen molar-refractivity contribution in [3.63, 3.8) is 0 Å². The van der Waals surface area contributed by atoms with Crippen LogP contribution in [-0.2, 0) is 0 Å². The molecule has 3 atom stereocenters. The number of allylic oxidation sites excluding steroid dienone is 2. The zero-order valence-corrected chi connectivity index (χ0v) is 14.3. The van der Waals surface area contributed by atoms with Crippen molar-refractivity contribution in [1.82, 2.24) is 0 Å². The van der Waals surface area contributed by atoms with E-state index in [0.717, 1.165) is 17.7 Å².